The number of pyridine rings is 1. The van der Waals surface area contributed by atoms with Gasteiger partial charge in [0.25, 0.3) is 0 Å². The maximum absolute atomic E-state index is 6.21. The summed E-state index contributed by atoms with van der Waals surface area (Å²) in [7, 11) is 0. The second-order valence-corrected chi connectivity index (χ2v) is 4.80. The Morgan fingerprint density at radius 1 is 1.39 bits per heavy atom. The number of hydrogen-bond donors (Lipinski definition) is 1. The van der Waals surface area contributed by atoms with Gasteiger partial charge < -0.3 is 5.73 Å². The van der Waals surface area contributed by atoms with Crippen LogP contribution in [0, 0.1) is 6.92 Å². The number of hydrogen-bond acceptors (Lipinski definition) is 2. The van der Waals surface area contributed by atoms with Crippen LogP contribution in [0.4, 0.5) is 0 Å². The molecule has 0 bridgehead atoms. The van der Waals surface area contributed by atoms with Gasteiger partial charge in [0.05, 0.1) is 17.3 Å². The number of nitrogens with zero attached hydrogens (tertiary/aromatic N) is 1. The standard InChI is InChI=1S/C16H20N2/c1-4-11(2)9-14(17)16-10-12(3)13-7-5-6-8-15(13)18-16/h5-8,10,14H,2,4,9,17H2,1,3H3. The molecule has 94 valence electrons. The van der Waals surface area contributed by atoms with Crippen LogP contribution in [0.2, 0.25) is 0 Å². The molecule has 0 saturated heterocycles. The van der Waals surface area contributed by atoms with E-state index in [4.69, 9.17) is 5.73 Å². The van der Waals surface area contributed by atoms with E-state index in [0.29, 0.717) is 0 Å². The summed E-state index contributed by atoms with van der Waals surface area (Å²) in [6.45, 7) is 8.23. The van der Waals surface area contributed by atoms with Crippen LogP contribution in [0.15, 0.2) is 42.5 Å². The van der Waals surface area contributed by atoms with E-state index in [9.17, 15) is 0 Å². The van der Waals surface area contributed by atoms with Crippen molar-refractivity contribution in [3.63, 3.8) is 0 Å². The fraction of sp³-hybridized carbons (Fsp3) is 0.312. The average Bonchev–Trinajstić information content (AvgIpc) is 2.38. The van der Waals surface area contributed by atoms with Gasteiger partial charge in [-0.15, -0.1) is 0 Å². The van der Waals surface area contributed by atoms with Gasteiger partial charge in [0.1, 0.15) is 0 Å². The zero-order valence-electron chi connectivity index (χ0n) is 11.1. The zero-order valence-corrected chi connectivity index (χ0v) is 11.1. The molecule has 0 radical (unpaired) electrons. The van der Waals surface area contributed by atoms with Crippen molar-refractivity contribution in [1.82, 2.24) is 4.98 Å². The number of benzene rings is 1. The minimum absolute atomic E-state index is 0.0549. The number of aromatic nitrogens is 1. The highest BCUT2D eigenvalue weighted by molar-refractivity contribution is 5.82. The molecule has 0 aliphatic heterocycles. The Morgan fingerprint density at radius 2 is 2.11 bits per heavy atom. The Hall–Kier alpha value is -1.67. The number of nitrogens with two attached hydrogens (primary N) is 1. The summed E-state index contributed by atoms with van der Waals surface area (Å²) in [5.41, 5.74) is 10.6. The van der Waals surface area contributed by atoms with Crippen LogP contribution in [0.3, 0.4) is 0 Å². The molecule has 1 unspecified atom stereocenters. The fourth-order valence-corrected chi connectivity index (χ4v) is 2.13. The third-order valence-corrected chi connectivity index (χ3v) is 3.33. The second-order valence-electron chi connectivity index (χ2n) is 4.80. The van der Waals surface area contributed by atoms with Gasteiger partial charge in [-0.05, 0) is 37.5 Å². The van der Waals surface area contributed by atoms with E-state index >= 15 is 0 Å². The number of para-hydroxylation sites is 1. The largest absolute Gasteiger partial charge is 0.322 e. The molecule has 2 N–H and O–H groups in total. The zero-order chi connectivity index (χ0) is 13.1. The predicted octanol–water partition coefficient (Wildman–Crippen LogP) is 3.90. The summed E-state index contributed by atoms with van der Waals surface area (Å²) < 4.78 is 0. The molecule has 1 heterocycles. The molecule has 2 aromatic rings. The lowest BCUT2D eigenvalue weighted by Gasteiger charge is -2.14. The predicted molar refractivity (Wildman–Crippen MR) is 77.5 cm³/mol. The molecule has 0 fully saturated rings. The maximum atomic E-state index is 6.21. The topological polar surface area (TPSA) is 38.9 Å². The van der Waals surface area contributed by atoms with Crippen LogP contribution in [-0.2, 0) is 0 Å². The molecule has 0 aliphatic carbocycles. The summed E-state index contributed by atoms with van der Waals surface area (Å²) in [5, 5.41) is 1.20. The lowest BCUT2D eigenvalue weighted by molar-refractivity contribution is 0.681. The van der Waals surface area contributed by atoms with Crippen molar-refractivity contribution in [3.05, 3.63) is 53.7 Å². The van der Waals surface area contributed by atoms with E-state index in [0.717, 1.165) is 24.1 Å². The number of aryl methyl sites for hydroxylation is 1. The van der Waals surface area contributed by atoms with Crippen molar-refractivity contribution in [2.75, 3.05) is 0 Å². The van der Waals surface area contributed by atoms with Gasteiger partial charge in [0.2, 0.25) is 0 Å². The lowest BCUT2D eigenvalue weighted by atomic mass is 10.0. The monoisotopic (exact) mass is 240 g/mol. The van der Waals surface area contributed by atoms with E-state index in [2.05, 4.69) is 37.5 Å². The summed E-state index contributed by atoms with van der Waals surface area (Å²) in [4.78, 5) is 4.66. The Kier molecular flexibility index (Phi) is 3.78. The second kappa shape index (κ2) is 5.32. The van der Waals surface area contributed by atoms with E-state index in [1.807, 2.05) is 18.2 Å². The summed E-state index contributed by atoms with van der Waals surface area (Å²) in [5.74, 6) is 0. The summed E-state index contributed by atoms with van der Waals surface area (Å²) in [6, 6.07) is 10.2. The van der Waals surface area contributed by atoms with E-state index in [1.165, 1.54) is 16.5 Å². The first-order chi connectivity index (χ1) is 8.61. The average molecular weight is 240 g/mol. The Morgan fingerprint density at radius 3 is 2.83 bits per heavy atom. The summed E-state index contributed by atoms with van der Waals surface area (Å²) in [6.07, 6.45) is 1.78. The molecule has 0 amide bonds. The lowest BCUT2D eigenvalue weighted by Crippen LogP contribution is -2.13. The fourth-order valence-electron chi connectivity index (χ4n) is 2.13. The molecule has 1 aromatic carbocycles. The van der Waals surface area contributed by atoms with Crippen LogP contribution in [0.25, 0.3) is 10.9 Å². The first kappa shape index (κ1) is 12.8. The normalized spacial score (nSPS) is 12.6. The van der Waals surface area contributed by atoms with Gasteiger partial charge in [0, 0.05) is 5.39 Å². The highest BCUT2D eigenvalue weighted by Gasteiger charge is 2.11. The van der Waals surface area contributed by atoms with E-state index < -0.39 is 0 Å². The van der Waals surface area contributed by atoms with Gasteiger partial charge in [0.15, 0.2) is 0 Å². The van der Waals surface area contributed by atoms with Crippen molar-refractivity contribution in [1.29, 1.82) is 0 Å². The molecule has 2 rings (SSSR count). The third kappa shape index (κ3) is 2.59. The molecule has 0 saturated carbocycles. The van der Waals surface area contributed by atoms with Crippen molar-refractivity contribution < 1.29 is 0 Å². The molecule has 1 aromatic heterocycles. The molecule has 0 spiro atoms. The summed E-state index contributed by atoms with van der Waals surface area (Å²) >= 11 is 0. The highest BCUT2D eigenvalue weighted by Crippen LogP contribution is 2.23. The Labute approximate surface area is 109 Å². The molecule has 2 heteroatoms. The van der Waals surface area contributed by atoms with Crippen LogP contribution in [0.5, 0.6) is 0 Å². The quantitative estimate of drug-likeness (QED) is 0.823. The molecule has 2 nitrogen and oxygen atoms in total. The van der Waals surface area contributed by atoms with Crippen molar-refractivity contribution in [2.45, 2.75) is 32.7 Å². The molecular weight excluding hydrogens is 220 g/mol. The van der Waals surface area contributed by atoms with Crippen molar-refractivity contribution >= 4 is 10.9 Å². The van der Waals surface area contributed by atoms with Gasteiger partial charge in [-0.3, -0.25) is 4.98 Å². The van der Waals surface area contributed by atoms with Gasteiger partial charge in [-0.1, -0.05) is 37.3 Å². The Balaban J connectivity index is 2.37. The maximum Gasteiger partial charge on any atom is 0.0708 e. The van der Waals surface area contributed by atoms with Crippen LogP contribution < -0.4 is 5.73 Å². The molecular formula is C16H20N2. The van der Waals surface area contributed by atoms with Crippen molar-refractivity contribution in [3.8, 4) is 0 Å². The van der Waals surface area contributed by atoms with Gasteiger partial charge in [-0.2, -0.15) is 0 Å². The SMILES string of the molecule is C=C(CC)CC(N)c1cc(C)c2ccccc2n1. The number of fused-ring (bicyclic) bond motifs is 1. The first-order valence-corrected chi connectivity index (χ1v) is 6.40. The highest BCUT2D eigenvalue weighted by atomic mass is 14.8. The molecule has 0 aliphatic rings. The minimum Gasteiger partial charge on any atom is -0.322 e. The molecule has 1 atom stereocenters. The smallest absolute Gasteiger partial charge is 0.0708 e. The van der Waals surface area contributed by atoms with Crippen molar-refractivity contribution in [2.24, 2.45) is 5.73 Å². The van der Waals surface area contributed by atoms with E-state index in [1.54, 1.807) is 0 Å². The first-order valence-electron chi connectivity index (χ1n) is 6.40. The third-order valence-electron chi connectivity index (χ3n) is 3.33. The van der Waals surface area contributed by atoms with Gasteiger partial charge in [-0.25, -0.2) is 0 Å². The minimum atomic E-state index is -0.0549. The molecule has 18 heavy (non-hydrogen) atoms. The van der Waals surface area contributed by atoms with Gasteiger partial charge >= 0.3 is 0 Å². The van der Waals surface area contributed by atoms with Crippen LogP contribution >= 0.6 is 0 Å². The van der Waals surface area contributed by atoms with E-state index in [-0.39, 0.29) is 6.04 Å². The van der Waals surface area contributed by atoms with Crippen LogP contribution in [-0.4, -0.2) is 4.98 Å². The number of rotatable bonds is 4. The van der Waals surface area contributed by atoms with Crippen LogP contribution in [0.1, 0.15) is 37.1 Å². The Bertz CT molecular complexity index is 572.